The second-order valence-electron chi connectivity index (χ2n) is 4.73. The van der Waals surface area contributed by atoms with Crippen LogP contribution in [0.1, 0.15) is 27.7 Å². The Kier molecular flexibility index (Phi) is 4.32. The van der Waals surface area contributed by atoms with Crippen molar-refractivity contribution >= 4 is 0 Å². The van der Waals surface area contributed by atoms with Crippen molar-refractivity contribution in [3.05, 3.63) is 0 Å². The van der Waals surface area contributed by atoms with Crippen molar-refractivity contribution in [1.82, 2.24) is 9.80 Å². The molecule has 0 bridgehead atoms. The van der Waals surface area contributed by atoms with Crippen LogP contribution in [-0.4, -0.2) is 54.2 Å². The van der Waals surface area contributed by atoms with Crippen LogP contribution in [-0.2, 0) is 0 Å². The molecule has 3 heteroatoms. The molecule has 1 aliphatic heterocycles. The molecule has 0 aromatic rings. The van der Waals surface area contributed by atoms with E-state index in [2.05, 4.69) is 37.5 Å². The minimum absolute atomic E-state index is 0.103. The van der Waals surface area contributed by atoms with Crippen LogP contribution in [0.15, 0.2) is 0 Å². The zero-order valence-corrected chi connectivity index (χ0v) is 9.83. The molecular formula is C11H23FN2. The standard InChI is InChI=1S/C11H23FN2/c1-9(2)13-5-6-14(10(3)4)11(7-12)8-13/h9-11H,5-8H2,1-4H3. The maximum atomic E-state index is 12.9. The predicted octanol–water partition coefficient (Wildman–Crippen LogP) is 1.76. The lowest BCUT2D eigenvalue weighted by Gasteiger charge is -2.43. The summed E-state index contributed by atoms with van der Waals surface area (Å²) in [4.78, 5) is 4.64. The van der Waals surface area contributed by atoms with E-state index >= 15 is 0 Å². The van der Waals surface area contributed by atoms with E-state index in [0.29, 0.717) is 12.1 Å². The molecule has 1 fully saturated rings. The van der Waals surface area contributed by atoms with E-state index in [-0.39, 0.29) is 12.7 Å². The van der Waals surface area contributed by atoms with E-state index in [4.69, 9.17) is 0 Å². The zero-order valence-electron chi connectivity index (χ0n) is 9.83. The molecule has 1 aliphatic rings. The molecule has 1 atom stereocenters. The first-order valence-electron chi connectivity index (χ1n) is 5.62. The van der Waals surface area contributed by atoms with Crippen molar-refractivity contribution in [1.29, 1.82) is 0 Å². The van der Waals surface area contributed by atoms with Crippen molar-refractivity contribution in [3.8, 4) is 0 Å². The Bertz CT molecular complexity index is 171. The summed E-state index contributed by atoms with van der Waals surface area (Å²) in [5, 5.41) is 0. The number of hydrogen-bond acceptors (Lipinski definition) is 2. The third kappa shape index (κ3) is 2.67. The second-order valence-corrected chi connectivity index (χ2v) is 4.73. The van der Waals surface area contributed by atoms with Crippen LogP contribution >= 0.6 is 0 Å². The molecule has 1 unspecified atom stereocenters. The Morgan fingerprint density at radius 1 is 1.14 bits per heavy atom. The van der Waals surface area contributed by atoms with Gasteiger partial charge in [-0.15, -0.1) is 0 Å². The number of alkyl halides is 1. The Morgan fingerprint density at radius 2 is 1.79 bits per heavy atom. The van der Waals surface area contributed by atoms with E-state index < -0.39 is 0 Å². The second kappa shape index (κ2) is 5.08. The van der Waals surface area contributed by atoms with Gasteiger partial charge in [0.25, 0.3) is 0 Å². The van der Waals surface area contributed by atoms with E-state index in [1.807, 2.05) is 0 Å². The summed E-state index contributed by atoms with van der Waals surface area (Å²) in [6.45, 7) is 11.4. The van der Waals surface area contributed by atoms with E-state index in [0.717, 1.165) is 19.6 Å². The van der Waals surface area contributed by atoms with Crippen LogP contribution in [0.3, 0.4) is 0 Å². The average Bonchev–Trinajstić information content (AvgIpc) is 2.16. The molecule has 1 heterocycles. The summed E-state index contributed by atoms with van der Waals surface area (Å²) < 4.78 is 12.9. The lowest BCUT2D eigenvalue weighted by molar-refractivity contribution is 0.0252. The van der Waals surface area contributed by atoms with Gasteiger partial charge in [0.2, 0.25) is 0 Å². The highest BCUT2D eigenvalue weighted by atomic mass is 19.1. The zero-order chi connectivity index (χ0) is 10.7. The summed E-state index contributed by atoms with van der Waals surface area (Å²) in [6.07, 6.45) is 0. The number of nitrogens with zero attached hydrogens (tertiary/aromatic N) is 2. The Hall–Kier alpha value is -0.150. The summed E-state index contributed by atoms with van der Waals surface area (Å²) in [5.74, 6) is 0. The van der Waals surface area contributed by atoms with Gasteiger partial charge >= 0.3 is 0 Å². The molecule has 84 valence electrons. The fraction of sp³-hybridized carbons (Fsp3) is 1.00. The van der Waals surface area contributed by atoms with Crippen molar-refractivity contribution in [3.63, 3.8) is 0 Å². The summed E-state index contributed by atoms with van der Waals surface area (Å²) >= 11 is 0. The minimum Gasteiger partial charge on any atom is -0.298 e. The van der Waals surface area contributed by atoms with Gasteiger partial charge in [0.1, 0.15) is 6.67 Å². The first-order chi connectivity index (χ1) is 6.56. The summed E-state index contributed by atoms with van der Waals surface area (Å²) in [6, 6.07) is 1.11. The number of hydrogen-bond donors (Lipinski definition) is 0. The van der Waals surface area contributed by atoms with Crippen LogP contribution in [0.4, 0.5) is 4.39 Å². The lowest BCUT2D eigenvalue weighted by atomic mass is 10.1. The molecule has 0 radical (unpaired) electrons. The lowest BCUT2D eigenvalue weighted by Crippen LogP contribution is -2.57. The first-order valence-corrected chi connectivity index (χ1v) is 5.62. The fourth-order valence-electron chi connectivity index (χ4n) is 2.18. The molecule has 14 heavy (non-hydrogen) atoms. The molecule has 0 spiro atoms. The largest absolute Gasteiger partial charge is 0.298 e. The number of rotatable bonds is 3. The molecule has 0 aromatic heterocycles. The van der Waals surface area contributed by atoms with Crippen molar-refractivity contribution in [2.75, 3.05) is 26.3 Å². The van der Waals surface area contributed by atoms with Crippen LogP contribution < -0.4 is 0 Å². The van der Waals surface area contributed by atoms with Gasteiger partial charge < -0.3 is 0 Å². The fourth-order valence-corrected chi connectivity index (χ4v) is 2.18. The van der Waals surface area contributed by atoms with Gasteiger partial charge in [-0.2, -0.15) is 0 Å². The van der Waals surface area contributed by atoms with Gasteiger partial charge in [-0.3, -0.25) is 9.80 Å². The number of halogens is 1. The van der Waals surface area contributed by atoms with Gasteiger partial charge in [-0.25, -0.2) is 4.39 Å². The molecule has 0 saturated carbocycles. The highest BCUT2D eigenvalue weighted by molar-refractivity contribution is 4.84. The predicted molar refractivity (Wildman–Crippen MR) is 58.3 cm³/mol. The smallest absolute Gasteiger partial charge is 0.106 e. The Morgan fingerprint density at radius 3 is 2.21 bits per heavy atom. The number of piperazine rings is 1. The van der Waals surface area contributed by atoms with E-state index in [1.165, 1.54) is 0 Å². The van der Waals surface area contributed by atoms with Crippen LogP contribution in [0.25, 0.3) is 0 Å². The summed E-state index contributed by atoms with van der Waals surface area (Å²) in [7, 11) is 0. The summed E-state index contributed by atoms with van der Waals surface area (Å²) in [5.41, 5.74) is 0. The topological polar surface area (TPSA) is 6.48 Å². The molecule has 1 rings (SSSR count). The Balaban J connectivity index is 2.54. The van der Waals surface area contributed by atoms with Crippen molar-refractivity contribution < 1.29 is 4.39 Å². The van der Waals surface area contributed by atoms with E-state index in [9.17, 15) is 4.39 Å². The minimum atomic E-state index is -0.221. The maximum Gasteiger partial charge on any atom is 0.106 e. The highest BCUT2D eigenvalue weighted by Gasteiger charge is 2.29. The Labute approximate surface area is 87.1 Å². The van der Waals surface area contributed by atoms with Crippen LogP contribution in [0.2, 0.25) is 0 Å². The third-order valence-electron chi connectivity index (χ3n) is 3.13. The normalized spacial score (nSPS) is 26.4. The molecule has 0 N–H and O–H groups in total. The monoisotopic (exact) mass is 202 g/mol. The van der Waals surface area contributed by atoms with Gasteiger partial charge in [-0.05, 0) is 27.7 Å². The molecular weight excluding hydrogens is 179 g/mol. The third-order valence-corrected chi connectivity index (χ3v) is 3.13. The average molecular weight is 202 g/mol. The SMILES string of the molecule is CC(C)N1CCN(C(C)C)C(CF)C1. The molecule has 0 aromatic carbocycles. The quantitative estimate of drug-likeness (QED) is 0.688. The molecule has 2 nitrogen and oxygen atoms in total. The van der Waals surface area contributed by atoms with Crippen molar-refractivity contribution in [2.24, 2.45) is 0 Å². The molecule has 1 saturated heterocycles. The van der Waals surface area contributed by atoms with Crippen LogP contribution in [0.5, 0.6) is 0 Å². The van der Waals surface area contributed by atoms with Crippen LogP contribution in [0, 0.1) is 0 Å². The first kappa shape index (κ1) is 11.9. The van der Waals surface area contributed by atoms with Gasteiger partial charge in [0.15, 0.2) is 0 Å². The molecule has 0 amide bonds. The van der Waals surface area contributed by atoms with E-state index in [1.54, 1.807) is 0 Å². The van der Waals surface area contributed by atoms with Crippen molar-refractivity contribution in [2.45, 2.75) is 45.8 Å². The molecule has 0 aliphatic carbocycles. The van der Waals surface area contributed by atoms with Gasteiger partial charge in [-0.1, -0.05) is 0 Å². The maximum absolute atomic E-state index is 12.9. The van der Waals surface area contributed by atoms with Gasteiger partial charge in [0, 0.05) is 31.7 Å². The highest BCUT2D eigenvalue weighted by Crippen LogP contribution is 2.15. The van der Waals surface area contributed by atoms with Gasteiger partial charge in [0.05, 0.1) is 6.04 Å².